The number of aromatic hydroxyl groups is 1. The van der Waals surface area contributed by atoms with Gasteiger partial charge in [-0.05, 0) is 37.1 Å². The molecule has 0 spiro atoms. The molecule has 0 bridgehead atoms. The molecule has 4 N–H and O–H groups in total. The predicted molar refractivity (Wildman–Crippen MR) is 96.4 cm³/mol. The number of nitrogens with two attached hydrogens (primary N) is 1. The topological polar surface area (TPSA) is 79.1 Å². The maximum absolute atomic E-state index is 11.1. The summed E-state index contributed by atoms with van der Waals surface area (Å²) in [5, 5.41) is 10.3. The van der Waals surface area contributed by atoms with Crippen molar-refractivity contribution in [2.75, 3.05) is 0 Å². The Morgan fingerprint density at radius 2 is 1.73 bits per heavy atom. The van der Waals surface area contributed by atoms with Crippen LogP contribution in [0.1, 0.15) is 54.0 Å². The van der Waals surface area contributed by atoms with Crippen molar-refractivity contribution < 1.29 is 9.90 Å². The first kappa shape index (κ1) is 22.5. The molecule has 0 aliphatic heterocycles. The summed E-state index contributed by atoms with van der Waals surface area (Å²) in [6.45, 7) is 13.5. The zero-order valence-electron chi connectivity index (χ0n) is 15.0. The summed E-state index contributed by atoms with van der Waals surface area (Å²) in [6, 6.07) is 4.61. The highest BCUT2D eigenvalue weighted by Crippen LogP contribution is 2.23. The SMILES string of the molecule is CC.CC.CC.CC(=O)C(N)Cc1c[nH]c2ccc(O)cc12. The normalized spacial score (nSPS) is 10.2. The van der Waals surface area contributed by atoms with E-state index in [9.17, 15) is 9.90 Å². The third-order valence-electron chi connectivity index (χ3n) is 2.71. The number of hydrogen-bond donors (Lipinski definition) is 3. The highest BCUT2D eigenvalue weighted by atomic mass is 16.3. The number of rotatable bonds is 3. The molecule has 2 rings (SSSR count). The maximum atomic E-state index is 11.1. The van der Waals surface area contributed by atoms with Crippen molar-refractivity contribution in [3.8, 4) is 5.75 Å². The van der Waals surface area contributed by atoms with Gasteiger partial charge in [0.2, 0.25) is 0 Å². The Hall–Kier alpha value is -1.81. The Morgan fingerprint density at radius 1 is 1.18 bits per heavy atom. The van der Waals surface area contributed by atoms with Crippen LogP contribution in [0.25, 0.3) is 10.9 Å². The fourth-order valence-electron chi connectivity index (χ4n) is 1.72. The highest BCUT2D eigenvalue weighted by molar-refractivity contribution is 5.86. The zero-order valence-corrected chi connectivity index (χ0v) is 15.0. The number of aromatic nitrogens is 1. The average molecular weight is 308 g/mol. The van der Waals surface area contributed by atoms with Crippen LogP contribution >= 0.6 is 0 Å². The number of aromatic amines is 1. The molecule has 1 heterocycles. The van der Waals surface area contributed by atoms with E-state index in [-0.39, 0.29) is 11.5 Å². The van der Waals surface area contributed by atoms with Crippen molar-refractivity contribution in [3.63, 3.8) is 0 Å². The molecule has 0 aliphatic rings. The lowest BCUT2D eigenvalue weighted by Gasteiger charge is -2.06. The number of carbonyl (C=O) groups is 1. The van der Waals surface area contributed by atoms with Crippen LogP contribution in [0.3, 0.4) is 0 Å². The van der Waals surface area contributed by atoms with Crippen LogP contribution in [0.5, 0.6) is 5.75 Å². The Bertz CT molecular complexity index is 533. The lowest BCUT2D eigenvalue weighted by Crippen LogP contribution is -2.30. The minimum atomic E-state index is -0.485. The lowest BCUT2D eigenvalue weighted by atomic mass is 10.0. The second-order valence-corrected chi connectivity index (χ2v) is 3.97. The van der Waals surface area contributed by atoms with Crippen molar-refractivity contribution >= 4 is 16.7 Å². The molecule has 0 fully saturated rings. The quantitative estimate of drug-likeness (QED) is 0.785. The monoisotopic (exact) mass is 308 g/mol. The second kappa shape index (κ2) is 12.9. The summed E-state index contributed by atoms with van der Waals surface area (Å²) >= 11 is 0. The first-order valence-corrected chi connectivity index (χ1v) is 8.13. The van der Waals surface area contributed by atoms with Crippen molar-refractivity contribution in [1.82, 2.24) is 4.98 Å². The van der Waals surface area contributed by atoms with Gasteiger partial charge in [0.25, 0.3) is 0 Å². The van der Waals surface area contributed by atoms with E-state index in [0.717, 1.165) is 16.5 Å². The van der Waals surface area contributed by atoms with Crippen LogP contribution in [0, 0.1) is 0 Å². The van der Waals surface area contributed by atoms with Gasteiger partial charge in [-0.3, -0.25) is 4.79 Å². The molecule has 2 aromatic rings. The predicted octanol–water partition coefficient (Wildman–Crippen LogP) is 4.41. The van der Waals surface area contributed by atoms with Crippen molar-refractivity contribution in [3.05, 3.63) is 30.0 Å². The van der Waals surface area contributed by atoms with E-state index >= 15 is 0 Å². The van der Waals surface area contributed by atoms with Crippen molar-refractivity contribution in [2.45, 2.75) is 60.9 Å². The van der Waals surface area contributed by atoms with Crippen LogP contribution in [-0.2, 0) is 11.2 Å². The van der Waals surface area contributed by atoms with E-state index in [4.69, 9.17) is 5.73 Å². The maximum Gasteiger partial charge on any atom is 0.146 e. The van der Waals surface area contributed by atoms with Gasteiger partial charge in [0.15, 0.2) is 0 Å². The standard InChI is InChI=1S/C12H14N2O2.3C2H6/c1-7(15)11(13)4-8-6-14-12-3-2-9(16)5-10(8)12;3*1-2/h2-3,5-6,11,14,16H,4,13H2,1H3;3*1-2H3. The number of phenolic OH excluding ortho intramolecular Hbond substituents is 1. The first-order chi connectivity index (χ1) is 10.6. The minimum Gasteiger partial charge on any atom is -0.508 e. The Kier molecular flexibility index (Phi) is 13.2. The molecule has 4 nitrogen and oxygen atoms in total. The molecule has 1 atom stereocenters. The second-order valence-electron chi connectivity index (χ2n) is 3.97. The fourth-order valence-corrected chi connectivity index (χ4v) is 1.72. The molecule has 0 aliphatic carbocycles. The van der Waals surface area contributed by atoms with E-state index < -0.39 is 6.04 Å². The summed E-state index contributed by atoms with van der Waals surface area (Å²) in [6.07, 6.45) is 2.31. The van der Waals surface area contributed by atoms with E-state index in [2.05, 4.69) is 4.98 Å². The molecule has 1 aromatic carbocycles. The molecular weight excluding hydrogens is 276 g/mol. The summed E-state index contributed by atoms with van der Waals surface area (Å²) < 4.78 is 0. The Morgan fingerprint density at radius 3 is 2.23 bits per heavy atom. The molecule has 0 amide bonds. The van der Waals surface area contributed by atoms with E-state index in [1.165, 1.54) is 6.92 Å². The number of ketones is 1. The zero-order chi connectivity index (χ0) is 17.7. The minimum absolute atomic E-state index is 0.0329. The smallest absolute Gasteiger partial charge is 0.146 e. The van der Waals surface area contributed by atoms with Gasteiger partial charge >= 0.3 is 0 Å². The van der Waals surface area contributed by atoms with E-state index in [0.29, 0.717) is 6.42 Å². The molecular formula is C18H32N2O2. The average Bonchev–Trinajstić information content (AvgIpc) is 2.95. The molecule has 22 heavy (non-hydrogen) atoms. The van der Waals surface area contributed by atoms with Gasteiger partial charge < -0.3 is 15.8 Å². The molecule has 0 radical (unpaired) electrons. The molecule has 0 saturated carbocycles. The third-order valence-corrected chi connectivity index (χ3v) is 2.71. The Balaban J connectivity index is 0. The number of benzene rings is 1. The highest BCUT2D eigenvalue weighted by Gasteiger charge is 2.12. The largest absolute Gasteiger partial charge is 0.508 e. The molecule has 0 saturated heterocycles. The summed E-state index contributed by atoms with van der Waals surface area (Å²) in [5.41, 5.74) is 7.60. The van der Waals surface area contributed by atoms with Gasteiger partial charge in [-0.25, -0.2) is 0 Å². The number of nitrogens with one attached hydrogen (secondary N) is 1. The van der Waals surface area contributed by atoms with E-state index in [1.54, 1.807) is 18.2 Å². The van der Waals surface area contributed by atoms with Crippen LogP contribution < -0.4 is 5.73 Å². The fraction of sp³-hybridized carbons (Fsp3) is 0.500. The van der Waals surface area contributed by atoms with Gasteiger partial charge in [-0.15, -0.1) is 0 Å². The number of hydrogen-bond acceptors (Lipinski definition) is 3. The van der Waals surface area contributed by atoms with Gasteiger partial charge in [0.05, 0.1) is 6.04 Å². The third kappa shape index (κ3) is 6.76. The number of carbonyl (C=O) groups excluding carboxylic acids is 1. The van der Waals surface area contributed by atoms with Gasteiger partial charge in [0.1, 0.15) is 11.5 Å². The molecule has 1 aromatic heterocycles. The van der Waals surface area contributed by atoms with Crippen LogP contribution in [0.15, 0.2) is 24.4 Å². The van der Waals surface area contributed by atoms with Gasteiger partial charge in [0, 0.05) is 17.1 Å². The van der Waals surface area contributed by atoms with Crippen LogP contribution in [0.4, 0.5) is 0 Å². The van der Waals surface area contributed by atoms with Crippen molar-refractivity contribution in [1.29, 1.82) is 0 Å². The molecule has 4 heteroatoms. The van der Waals surface area contributed by atoms with Gasteiger partial charge in [-0.1, -0.05) is 41.5 Å². The van der Waals surface area contributed by atoms with Crippen molar-refractivity contribution in [2.24, 2.45) is 5.73 Å². The Labute approximate surface area is 134 Å². The van der Waals surface area contributed by atoms with Gasteiger partial charge in [-0.2, -0.15) is 0 Å². The number of phenols is 1. The number of fused-ring (bicyclic) bond motifs is 1. The number of H-pyrrole nitrogens is 1. The molecule has 126 valence electrons. The lowest BCUT2D eigenvalue weighted by molar-refractivity contribution is -0.118. The first-order valence-electron chi connectivity index (χ1n) is 8.13. The van der Waals surface area contributed by atoms with E-state index in [1.807, 2.05) is 47.7 Å². The van der Waals surface area contributed by atoms with Crippen LogP contribution in [-0.4, -0.2) is 21.9 Å². The summed E-state index contributed by atoms with van der Waals surface area (Å²) in [4.78, 5) is 14.2. The summed E-state index contributed by atoms with van der Waals surface area (Å²) in [7, 11) is 0. The summed E-state index contributed by atoms with van der Waals surface area (Å²) in [5.74, 6) is 0.180. The van der Waals surface area contributed by atoms with Crippen LogP contribution in [0.2, 0.25) is 0 Å². The molecule has 1 unspecified atom stereocenters. The number of Topliss-reactive ketones (excluding diaryl/α,β-unsaturated/α-hetero) is 1.